The molecule has 0 aliphatic rings. The van der Waals surface area contributed by atoms with Gasteiger partial charge in [0.15, 0.2) is 11.9 Å². The number of H-pyrrole nitrogens is 1. The van der Waals surface area contributed by atoms with Gasteiger partial charge in [-0.05, 0) is 52.3 Å². The summed E-state index contributed by atoms with van der Waals surface area (Å²) >= 11 is 0. The summed E-state index contributed by atoms with van der Waals surface area (Å²) in [6, 6.07) is 2.00. The average molecular weight is 404 g/mol. The lowest BCUT2D eigenvalue weighted by atomic mass is 10.1. The van der Waals surface area contributed by atoms with Crippen molar-refractivity contribution in [3.63, 3.8) is 0 Å². The van der Waals surface area contributed by atoms with Crippen LogP contribution in [0.5, 0.6) is 0 Å². The minimum Gasteiger partial charge on any atom is -0.462 e. The Balaban J connectivity index is 2.05. The van der Waals surface area contributed by atoms with Crippen molar-refractivity contribution < 1.29 is 33.1 Å². The number of aryl methyl sites for hydroxylation is 1. The molecule has 2 aromatic rings. The molecule has 0 saturated carbocycles. The van der Waals surface area contributed by atoms with E-state index in [1.54, 1.807) is 26.8 Å². The first-order valence-electron chi connectivity index (χ1n) is 9.12. The van der Waals surface area contributed by atoms with Crippen molar-refractivity contribution in [3.05, 3.63) is 46.7 Å². The van der Waals surface area contributed by atoms with Crippen LogP contribution in [0.2, 0.25) is 0 Å². The fourth-order valence-corrected chi connectivity index (χ4v) is 2.77. The van der Waals surface area contributed by atoms with Crippen LogP contribution in [0.1, 0.15) is 63.4 Å². The van der Waals surface area contributed by atoms with Gasteiger partial charge in [-0.2, -0.15) is 0 Å². The summed E-state index contributed by atoms with van der Waals surface area (Å²) in [5.41, 5.74) is 1.36. The molecule has 0 spiro atoms. The third kappa shape index (κ3) is 4.92. The molecule has 0 aliphatic heterocycles. The van der Waals surface area contributed by atoms with E-state index in [1.165, 1.54) is 26.2 Å². The number of hydrogen-bond acceptors (Lipinski definition) is 7. The van der Waals surface area contributed by atoms with Crippen LogP contribution in [0.15, 0.2) is 22.8 Å². The Kier molecular flexibility index (Phi) is 6.98. The maximum atomic E-state index is 12.7. The highest BCUT2D eigenvalue weighted by molar-refractivity contribution is 6.04. The zero-order chi connectivity index (χ0) is 21.7. The second kappa shape index (κ2) is 9.22. The maximum Gasteiger partial charge on any atom is 0.340 e. The van der Waals surface area contributed by atoms with Crippen LogP contribution in [-0.2, 0) is 14.3 Å². The number of furan rings is 1. The molecule has 0 unspecified atom stereocenters. The molecule has 0 aromatic carbocycles. The molecule has 2 N–H and O–H groups in total. The standard InChI is InChI=1S/C20H24N2O7/c1-6-27-20(26)15-10(2)16(21-11(15)3)17(23)13(5)29-19(25)12(4)22-18(24)14-8-7-9-28-14/h7-9,12-13,21H,6H2,1-5H3,(H,22,24)/t12-,13+/m0/s1. The molecule has 9 heteroatoms. The number of esters is 2. The summed E-state index contributed by atoms with van der Waals surface area (Å²) in [4.78, 5) is 51.8. The monoisotopic (exact) mass is 404 g/mol. The molecule has 0 aliphatic carbocycles. The molecule has 2 atom stereocenters. The van der Waals surface area contributed by atoms with E-state index in [0.717, 1.165) is 0 Å². The maximum absolute atomic E-state index is 12.7. The van der Waals surface area contributed by atoms with Crippen LogP contribution in [-0.4, -0.2) is 47.4 Å². The van der Waals surface area contributed by atoms with Crippen LogP contribution in [0.3, 0.4) is 0 Å². The largest absolute Gasteiger partial charge is 0.462 e. The first kappa shape index (κ1) is 21.9. The molecule has 0 fully saturated rings. The SMILES string of the molecule is CCOC(=O)c1c(C)[nH]c(C(=O)[C@@H](C)OC(=O)[C@H](C)NC(=O)c2ccco2)c1C. The van der Waals surface area contributed by atoms with Crippen molar-refractivity contribution in [3.8, 4) is 0 Å². The van der Waals surface area contributed by atoms with Gasteiger partial charge in [-0.15, -0.1) is 0 Å². The number of carbonyl (C=O) groups excluding carboxylic acids is 4. The van der Waals surface area contributed by atoms with E-state index < -0.39 is 35.8 Å². The number of nitrogens with one attached hydrogen (secondary N) is 2. The second-order valence-electron chi connectivity index (χ2n) is 6.46. The Morgan fingerprint density at radius 1 is 1.21 bits per heavy atom. The molecule has 29 heavy (non-hydrogen) atoms. The molecular weight excluding hydrogens is 380 g/mol. The van der Waals surface area contributed by atoms with Crippen LogP contribution >= 0.6 is 0 Å². The fourth-order valence-electron chi connectivity index (χ4n) is 2.77. The number of aromatic nitrogens is 1. The quantitative estimate of drug-likeness (QED) is 0.510. The van der Waals surface area contributed by atoms with E-state index in [9.17, 15) is 19.2 Å². The molecule has 1 amide bonds. The Labute approximate surface area is 167 Å². The predicted molar refractivity (Wildman–Crippen MR) is 102 cm³/mol. The fraction of sp³-hybridized carbons (Fsp3) is 0.400. The van der Waals surface area contributed by atoms with Gasteiger partial charge in [-0.25, -0.2) is 9.59 Å². The second-order valence-corrected chi connectivity index (χ2v) is 6.46. The van der Waals surface area contributed by atoms with Crippen molar-refractivity contribution in [2.45, 2.75) is 46.8 Å². The number of Topliss-reactive ketones (excluding diaryl/α,β-unsaturated/α-hetero) is 1. The Bertz CT molecular complexity index is 912. The first-order chi connectivity index (χ1) is 13.7. The molecule has 2 rings (SSSR count). The van der Waals surface area contributed by atoms with Crippen molar-refractivity contribution in [2.24, 2.45) is 0 Å². The van der Waals surface area contributed by atoms with Gasteiger partial charge in [0.1, 0.15) is 6.04 Å². The van der Waals surface area contributed by atoms with Crippen molar-refractivity contribution >= 4 is 23.6 Å². The van der Waals surface area contributed by atoms with Crippen LogP contribution < -0.4 is 5.32 Å². The number of amides is 1. The highest BCUT2D eigenvalue weighted by atomic mass is 16.5. The lowest BCUT2D eigenvalue weighted by Gasteiger charge is -2.16. The highest BCUT2D eigenvalue weighted by Crippen LogP contribution is 2.21. The summed E-state index contributed by atoms with van der Waals surface area (Å²) < 4.78 is 15.1. The Hall–Kier alpha value is -3.36. The van der Waals surface area contributed by atoms with E-state index >= 15 is 0 Å². The summed E-state index contributed by atoms with van der Waals surface area (Å²) in [6.45, 7) is 8.02. The highest BCUT2D eigenvalue weighted by Gasteiger charge is 2.29. The topological polar surface area (TPSA) is 128 Å². The van der Waals surface area contributed by atoms with Crippen molar-refractivity contribution in [1.82, 2.24) is 10.3 Å². The normalized spacial score (nSPS) is 12.7. The van der Waals surface area contributed by atoms with Crippen molar-refractivity contribution in [1.29, 1.82) is 0 Å². The smallest absolute Gasteiger partial charge is 0.340 e. The van der Waals surface area contributed by atoms with Gasteiger partial charge in [0, 0.05) is 5.69 Å². The van der Waals surface area contributed by atoms with Gasteiger partial charge >= 0.3 is 11.9 Å². The molecule has 2 heterocycles. The number of carbonyl (C=O) groups is 4. The average Bonchev–Trinajstić information content (AvgIpc) is 3.29. The third-order valence-electron chi connectivity index (χ3n) is 4.27. The molecule has 156 valence electrons. The van der Waals surface area contributed by atoms with Gasteiger partial charge < -0.3 is 24.2 Å². The minimum atomic E-state index is -1.13. The summed E-state index contributed by atoms with van der Waals surface area (Å²) in [5.74, 6) is -2.33. The van der Waals surface area contributed by atoms with Crippen LogP contribution in [0, 0.1) is 13.8 Å². The van der Waals surface area contributed by atoms with E-state index in [0.29, 0.717) is 11.3 Å². The van der Waals surface area contributed by atoms with E-state index in [4.69, 9.17) is 13.9 Å². The zero-order valence-electron chi connectivity index (χ0n) is 17.0. The van der Waals surface area contributed by atoms with Crippen LogP contribution in [0.25, 0.3) is 0 Å². The van der Waals surface area contributed by atoms with Gasteiger partial charge in [-0.1, -0.05) is 0 Å². The molecule has 0 radical (unpaired) electrons. The molecule has 0 saturated heterocycles. The van der Waals surface area contributed by atoms with Crippen LogP contribution in [0.4, 0.5) is 0 Å². The predicted octanol–water partition coefficient (Wildman–Crippen LogP) is 2.33. The zero-order valence-corrected chi connectivity index (χ0v) is 17.0. The summed E-state index contributed by atoms with van der Waals surface area (Å²) in [6.07, 6.45) is 0.210. The number of rotatable bonds is 8. The minimum absolute atomic E-state index is 0.0535. The molecule has 9 nitrogen and oxygen atoms in total. The van der Waals surface area contributed by atoms with Crippen molar-refractivity contribution in [2.75, 3.05) is 6.61 Å². The number of ether oxygens (including phenoxy) is 2. The van der Waals surface area contributed by atoms with Gasteiger partial charge in [0.2, 0.25) is 5.78 Å². The molecule has 2 aromatic heterocycles. The Morgan fingerprint density at radius 2 is 1.90 bits per heavy atom. The van der Waals surface area contributed by atoms with Gasteiger partial charge in [-0.3, -0.25) is 9.59 Å². The van der Waals surface area contributed by atoms with E-state index in [-0.39, 0.29) is 23.6 Å². The lowest BCUT2D eigenvalue weighted by molar-refractivity contribution is -0.148. The molecular formula is C20H24N2O7. The Morgan fingerprint density at radius 3 is 2.48 bits per heavy atom. The number of aromatic amines is 1. The summed E-state index contributed by atoms with van der Waals surface area (Å²) in [7, 11) is 0. The molecule has 0 bridgehead atoms. The first-order valence-corrected chi connectivity index (χ1v) is 9.12. The van der Waals surface area contributed by atoms with Gasteiger partial charge in [0.05, 0.1) is 24.1 Å². The third-order valence-corrected chi connectivity index (χ3v) is 4.27. The van der Waals surface area contributed by atoms with E-state index in [2.05, 4.69) is 10.3 Å². The number of hydrogen-bond donors (Lipinski definition) is 2. The summed E-state index contributed by atoms with van der Waals surface area (Å²) in [5, 5.41) is 2.43. The lowest BCUT2D eigenvalue weighted by Crippen LogP contribution is -2.41. The van der Waals surface area contributed by atoms with E-state index in [1.807, 2.05) is 0 Å². The van der Waals surface area contributed by atoms with Gasteiger partial charge in [0.25, 0.3) is 5.91 Å². The number of ketones is 1.